The number of ether oxygens (including phenoxy) is 1. The Morgan fingerprint density at radius 3 is 2.32 bits per heavy atom. The molecule has 1 spiro atoms. The van der Waals surface area contributed by atoms with Gasteiger partial charge in [0.2, 0.25) is 0 Å². The number of nitrogens with zero attached hydrogens (tertiary/aromatic N) is 2. The van der Waals surface area contributed by atoms with Crippen LogP contribution in [-0.2, 0) is 10.4 Å². The Balaban J connectivity index is 1.37. The van der Waals surface area contributed by atoms with Gasteiger partial charge in [0, 0.05) is 42.9 Å². The van der Waals surface area contributed by atoms with E-state index in [0.29, 0.717) is 28.7 Å². The number of rotatable bonds is 7. The largest absolute Gasteiger partial charge is 0.494 e. The second-order valence-corrected chi connectivity index (χ2v) is 12.9. The summed E-state index contributed by atoms with van der Waals surface area (Å²) >= 11 is 8.10. The number of alkyl halides is 3. The third kappa shape index (κ3) is 6.65. The number of halogens is 4. The Bertz CT molecular complexity index is 1260. The molecule has 2 aromatic rings. The van der Waals surface area contributed by atoms with E-state index >= 15 is 0 Å². The smallest absolute Gasteiger partial charge is 0.430 e. The lowest BCUT2D eigenvalue weighted by Gasteiger charge is -2.47. The van der Waals surface area contributed by atoms with E-state index in [-0.39, 0.29) is 36.8 Å². The van der Waals surface area contributed by atoms with Crippen LogP contribution in [0.5, 0.6) is 5.75 Å². The second kappa shape index (κ2) is 12.4. The van der Waals surface area contributed by atoms with Crippen LogP contribution in [0.2, 0.25) is 5.02 Å². The lowest BCUT2D eigenvalue weighted by Crippen LogP contribution is -2.58. The van der Waals surface area contributed by atoms with Crippen molar-refractivity contribution in [1.82, 2.24) is 9.80 Å². The minimum atomic E-state index is -5.19. The number of piperidine rings is 1. The average Bonchev–Trinajstić information content (AvgIpc) is 2.93. The molecule has 0 radical (unpaired) electrons. The Morgan fingerprint density at radius 2 is 1.76 bits per heavy atom. The van der Waals surface area contributed by atoms with Gasteiger partial charge >= 0.3 is 6.18 Å². The minimum Gasteiger partial charge on any atom is -0.494 e. The van der Waals surface area contributed by atoms with Gasteiger partial charge in [-0.3, -0.25) is 9.59 Å². The van der Waals surface area contributed by atoms with Crippen molar-refractivity contribution in [2.45, 2.75) is 67.4 Å². The second-order valence-electron chi connectivity index (χ2n) is 11.1. The van der Waals surface area contributed by atoms with Crippen LogP contribution in [-0.4, -0.2) is 71.9 Å². The van der Waals surface area contributed by atoms with Gasteiger partial charge < -0.3 is 19.6 Å². The molecule has 1 saturated heterocycles. The molecular formula is C30H36ClF3N2O4S. The highest BCUT2D eigenvalue weighted by molar-refractivity contribution is 8.00. The molecule has 11 heteroatoms. The molecule has 1 heterocycles. The fourth-order valence-corrected chi connectivity index (χ4v) is 7.31. The Kier molecular flexibility index (Phi) is 9.55. The molecule has 0 unspecified atom stereocenters. The first-order valence-electron chi connectivity index (χ1n) is 13.8. The fraction of sp³-hybridized carbons (Fsp3) is 0.533. The zero-order valence-corrected chi connectivity index (χ0v) is 25.0. The highest BCUT2D eigenvalue weighted by Crippen LogP contribution is 2.49. The van der Waals surface area contributed by atoms with Crippen LogP contribution in [0.1, 0.15) is 61.4 Å². The number of amides is 2. The van der Waals surface area contributed by atoms with Gasteiger partial charge in [0.05, 0.1) is 17.2 Å². The van der Waals surface area contributed by atoms with E-state index in [2.05, 4.69) is 0 Å². The molecule has 1 atom stereocenters. The van der Waals surface area contributed by atoms with E-state index in [9.17, 15) is 27.9 Å². The van der Waals surface area contributed by atoms with Gasteiger partial charge in [-0.2, -0.15) is 13.2 Å². The van der Waals surface area contributed by atoms with Crippen molar-refractivity contribution in [2.24, 2.45) is 5.41 Å². The highest BCUT2D eigenvalue weighted by atomic mass is 35.5. The van der Waals surface area contributed by atoms with Gasteiger partial charge in [-0.1, -0.05) is 23.7 Å². The van der Waals surface area contributed by atoms with Crippen LogP contribution in [0.4, 0.5) is 13.2 Å². The van der Waals surface area contributed by atoms with Crippen molar-refractivity contribution < 1.29 is 32.6 Å². The van der Waals surface area contributed by atoms with E-state index in [4.69, 9.17) is 16.3 Å². The molecule has 2 aliphatic rings. The van der Waals surface area contributed by atoms with Crippen LogP contribution >= 0.6 is 23.4 Å². The number of likely N-dealkylation sites (tertiary alicyclic amines) is 1. The monoisotopic (exact) mass is 612 g/mol. The van der Waals surface area contributed by atoms with Crippen LogP contribution in [0, 0.1) is 5.41 Å². The number of hydrogen-bond acceptors (Lipinski definition) is 5. The maximum Gasteiger partial charge on any atom is 0.430 e. The number of aliphatic hydroxyl groups is 1. The molecule has 2 aromatic carbocycles. The van der Waals surface area contributed by atoms with Crippen molar-refractivity contribution in [3.63, 3.8) is 0 Å². The van der Waals surface area contributed by atoms with Crippen LogP contribution in [0.3, 0.4) is 0 Å². The molecule has 1 N–H and O–H groups in total. The fourth-order valence-electron chi connectivity index (χ4n) is 5.80. The molecule has 1 saturated carbocycles. The maximum atomic E-state index is 14.2. The summed E-state index contributed by atoms with van der Waals surface area (Å²) in [5, 5.41) is 11.7. The van der Waals surface area contributed by atoms with Crippen molar-refractivity contribution in [3.05, 3.63) is 58.6 Å². The SMILES string of the molecule is CCOc1cccc([C@](O)(C(=O)N2CCC3(CCC(Sc4ccc(C(=O)N(C)C)c(Cl)c4)CC3)CC2)C(F)(F)F)c1. The number of benzene rings is 2. The first-order chi connectivity index (χ1) is 19.3. The Labute approximate surface area is 248 Å². The van der Waals surface area contributed by atoms with E-state index in [1.807, 2.05) is 12.1 Å². The van der Waals surface area contributed by atoms with E-state index in [0.717, 1.165) is 47.6 Å². The third-order valence-corrected chi connectivity index (χ3v) is 9.91. The summed E-state index contributed by atoms with van der Waals surface area (Å²) in [6, 6.07) is 10.5. The van der Waals surface area contributed by atoms with Crippen molar-refractivity contribution >= 4 is 35.2 Å². The summed E-state index contributed by atoms with van der Waals surface area (Å²) in [6.45, 7) is 2.27. The quantitative estimate of drug-likeness (QED) is 0.385. The summed E-state index contributed by atoms with van der Waals surface area (Å²) < 4.78 is 48.0. The first kappa shape index (κ1) is 31.5. The summed E-state index contributed by atoms with van der Waals surface area (Å²) in [5.74, 6) is -1.33. The number of thioether (sulfide) groups is 1. The zero-order valence-electron chi connectivity index (χ0n) is 23.5. The van der Waals surface area contributed by atoms with E-state index in [1.165, 1.54) is 17.0 Å². The predicted octanol–water partition coefficient (Wildman–Crippen LogP) is 6.53. The summed E-state index contributed by atoms with van der Waals surface area (Å²) in [4.78, 5) is 29.2. The number of carbonyl (C=O) groups excluding carboxylic acids is 2. The third-order valence-electron chi connectivity index (χ3n) is 8.27. The molecule has 0 bridgehead atoms. The molecule has 1 aliphatic heterocycles. The van der Waals surface area contributed by atoms with Gasteiger partial charge in [-0.05, 0) is 81.2 Å². The van der Waals surface area contributed by atoms with Crippen molar-refractivity contribution in [3.8, 4) is 5.75 Å². The van der Waals surface area contributed by atoms with Gasteiger partial charge in [-0.25, -0.2) is 0 Å². The molecule has 2 amide bonds. The van der Waals surface area contributed by atoms with Gasteiger partial charge in [0.15, 0.2) is 0 Å². The minimum absolute atomic E-state index is 0.0291. The topological polar surface area (TPSA) is 70.1 Å². The van der Waals surface area contributed by atoms with Gasteiger partial charge in [0.25, 0.3) is 17.4 Å². The van der Waals surface area contributed by atoms with Gasteiger partial charge in [-0.15, -0.1) is 11.8 Å². The molecule has 41 heavy (non-hydrogen) atoms. The van der Waals surface area contributed by atoms with E-state index in [1.54, 1.807) is 38.8 Å². The molecule has 224 valence electrons. The summed E-state index contributed by atoms with van der Waals surface area (Å²) in [7, 11) is 3.36. The predicted molar refractivity (Wildman–Crippen MR) is 153 cm³/mol. The summed E-state index contributed by atoms with van der Waals surface area (Å²) in [5.41, 5.74) is -3.76. The first-order valence-corrected chi connectivity index (χ1v) is 15.0. The zero-order chi connectivity index (χ0) is 30.0. The Hall–Kier alpha value is -2.43. The molecular weight excluding hydrogens is 577 g/mol. The number of carbonyl (C=O) groups is 2. The van der Waals surface area contributed by atoms with Crippen molar-refractivity contribution in [2.75, 3.05) is 33.8 Å². The molecule has 2 fully saturated rings. The lowest BCUT2D eigenvalue weighted by molar-refractivity contribution is -0.262. The molecule has 4 rings (SSSR count). The average molecular weight is 613 g/mol. The number of hydrogen-bond donors (Lipinski definition) is 1. The molecule has 1 aliphatic carbocycles. The normalized spacial score (nSPS) is 19.1. The van der Waals surface area contributed by atoms with Crippen LogP contribution in [0.15, 0.2) is 47.4 Å². The summed E-state index contributed by atoms with van der Waals surface area (Å²) in [6.07, 6.45) is -0.307. The van der Waals surface area contributed by atoms with Crippen molar-refractivity contribution in [1.29, 1.82) is 0 Å². The Morgan fingerprint density at radius 1 is 1.10 bits per heavy atom. The molecule has 0 aromatic heterocycles. The van der Waals surface area contributed by atoms with Crippen LogP contribution < -0.4 is 4.74 Å². The van der Waals surface area contributed by atoms with E-state index < -0.39 is 23.2 Å². The highest BCUT2D eigenvalue weighted by Gasteiger charge is 2.62. The molecule has 6 nitrogen and oxygen atoms in total. The van der Waals surface area contributed by atoms with Crippen LogP contribution in [0.25, 0.3) is 0 Å². The lowest BCUT2D eigenvalue weighted by atomic mass is 9.68. The maximum absolute atomic E-state index is 14.2. The standard InChI is InChI=1S/C30H36ClF3N2O4S/c1-4-40-21-7-5-6-20(18-21)29(39,30(32,33)34)27(38)36-16-14-28(15-17-36)12-10-22(11-13-28)41-23-8-9-24(25(31)19-23)26(37)35(2)3/h5-9,18-19,22,39H,4,10-17H2,1-3H3/t29-/m0/s1. The van der Waals surface area contributed by atoms with Gasteiger partial charge in [0.1, 0.15) is 5.75 Å².